The zero-order chi connectivity index (χ0) is 18.9. The Hall–Kier alpha value is -2.09. The molecule has 0 saturated carbocycles. The number of amides is 1. The number of rotatable bonds is 6. The Kier molecular flexibility index (Phi) is 9.85. The number of benzene rings is 2. The van der Waals surface area contributed by atoms with Gasteiger partial charge in [0.2, 0.25) is 0 Å². The lowest BCUT2D eigenvalue weighted by Crippen LogP contribution is -2.37. The van der Waals surface area contributed by atoms with Crippen molar-refractivity contribution >= 4 is 35.8 Å². The van der Waals surface area contributed by atoms with Gasteiger partial charge in [-0.15, -0.1) is 24.0 Å². The van der Waals surface area contributed by atoms with Crippen molar-refractivity contribution < 1.29 is 4.79 Å². The summed E-state index contributed by atoms with van der Waals surface area (Å²) in [6.45, 7) is 1.40. The van der Waals surface area contributed by atoms with E-state index in [4.69, 9.17) is 0 Å². The van der Waals surface area contributed by atoms with Crippen molar-refractivity contribution in [3.05, 3.63) is 71.3 Å². The molecule has 2 aromatic rings. The summed E-state index contributed by atoms with van der Waals surface area (Å²) in [4.78, 5) is 20.3. The fourth-order valence-electron chi connectivity index (χ4n) is 2.54. The number of carbonyl (C=O) groups is 1. The second-order valence-corrected chi connectivity index (χ2v) is 6.60. The maximum atomic E-state index is 12.1. The van der Waals surface area contributed by atoms with Crippen LogP contribution in [0.15, 0.2) is 59.6 Å². The van der Waals surface area contributed by atoms with Gasteiger partial charge in [0.25, 0.3) is 5.91 Å². The van der Waals surface area contributed by atoms with Crippen molar-refractivity contribution in [3.8, 4) is 0 Å². The highest BCUT2D eigenvalue weighted by atomic mass is 127. The minimum Gasteiger partial charge on any atom is -0.356 e. The van der Waals surface area contributed by atoms with E-state index in [0.29, 0.717) is 6.54 Å². The molecular formula is C21H29IN4O. The fraction of sp³-hybridized carbons (Fsp3) is 0.333. The number of hydrogen-bond donors (Lipinski definition) is 1. The standard InChI is InChI=1S/C21H28N4O.HI/c1-24(2)20(26)19-12-8-11-17(15-19)13-14-22-21(25(3)4)23-16-18-9-6-5-7-10-18;/h5-12,15H,13-14,16H2,1-4H3,(H,22,23);1H. The third-order valence-electron chi connectivity index (χ3n) is 3.95. The third kappa shape index (κ3) is 7.58. The summed E-state index contributed by atoms with van der Waals surface area (Å²) in [6.07, 6.45) is 0.826. The van der Waals surface area contributed by atoms with E-state index >= 15 is 0 Å². The summed E-state index contributed by atoms with van der Waals surface area (Å²) < 4.78 is 0. The Morgan fingerprint density at radius 3 is 2.22 bits per heavy atom. The Balaban J connectivity index is 0.00000364. The number of carbonyl (C=O) groups excluding carboxylic acids is 1. The minimum atomic E-state index is 0. The average molecular weight is 480 g/mol. The molecule has 0 saturated heterocycles. The van der Waals surface area contributed by atoms with Gasteiger partial charge in [-0.25, -0.2) is 4.99 Å². The predicted molar refractivity (Wildman–Crippen MR) is 123 cm³/mol. The topological polar surface area (TPSA) is 47.9 Å². The van der Waals surface area contributed by atoms with Gasteiger partial charge in [0.15, 0.2) is 5.96 Å². The van der Waals surface area contributed by atoms with Crippen molar-refractivity contribution in [2.45, 2.75) is 13.0 Å². The maximum absolute atomic E-state index is 12.1. The van der Waals surface area contributed by atoms with E-state index in [2.05, 4.69) is 22.4 Å². The van der Waals surface area contributed by atoms with Crippen LogP contribution in [0.3, 0.4) is 0 Å². The maximum Gasteiger partial charge on any atom is 0.253 e. The van der Waals surface area contributed by atoms with Gasteiger partial charge in [-0.05, 0) is 29.7 Å². The van der Waals surface area contributed by atoms with Gasteiger partial charge in [-0.1, -0.05) is 42.5 Å². The molecule has 1 amide bonds. The van der Waals surface area contributed by atoms with E-state index in [1.807, 2.05) is 61.5 Å². The van der Waals surface area contributed by atoms with Crippen LogP contribution in [0.4, 0.5) is 0 Å². The van der Waals surface area contributed by atoms with Crippen LogP contribution in [-0.2, 0) is 13.0 Å². The van der Waals surface area contributed by atoms with Gasteiger partial charge in [0.1, 0.15) is 0 Å². The number of hydrogen-bond acceptors (Lipinski definition) is 2. The summed E-state index contributed by atoms with van der Waals surface area (Å²) in [5, 5.41) is 3.39. The normalized spacial score (nSPS) is 10.7. The van der Waals surface area contributed by atoms with Crippen LogP contribution in [0.25, 0.3) is 0 Å². The van der Waals surface area contributed by atoms with Crippen LogP contribution in [-0.4, -0.2) is 56.4 Å². The summed E-state index contributed by atoms with van der Waals surface area (Å²) >= 11 is 0. The third-order valence-corrected chi connectivity index (χ3v) is 3.95. The molecule has 0 atom stereocenters. The minimum absolute atomic E-state index is 0. The first-order chi connectivity index (χ1) is 12.5. The number of halogens is 1. The fourth-order valence-corrected chi connectivity index (χ4v) is 2.54. The highest BCUT2D eigenvalue weighted by molar-refractivity contribution is 14.0. The summed E-state index contributed by atoms with van der Waals surface area (Å²) in [7, 11) is 7.49. The first kappa shape index (κ1) is 23.0. The zero-order valence-corrected chi connectivity index (χ0v) is 18.8. The molecule has 5 nitrogen and oxygen atoms in total. The van der Waals surface area contributed by atoms with E-state index in [9.17, 15) is 4.79 Å². The quantitative estimate of drug-likeness (QED) is 0.393. The molecule has 146 valence electrons. The monoisotopic (exact) mass is 480 g/mol. The van der Waals surface area contributed by atoms with Crippen LogP contribution < -0.4 is 5.32 Å². The van der Waals surface area contributed by atoms with E-state index in [-0.39, 0.29) is 29.9 Å². The molecule has 0 aliphatic heterocycles. The molecule has 0 unspecified atom stereocenters. The largest absolute Gasteiger partial charge is 0.356 e. The van der Waals surface area contributed by atoms with E-state index in [0.717, 1.165) is 30.1 Å². The Morgan fingerprint density at radius 2 is 1.59 bits per heavy atom. The lowest BCUT2D eigenvalue weighted by molar-refractivity contribution is 0.0827. The summed E-state index contributed by atoms with van der Waals surface area (Å²) in [5.74, 6) is 0.882. The predicted octanol–water partition coefficient (Wildman–Crippen LogP) is 3.26. The van der Waals surface area contributed by atoms with Crippen LogP contribution in [0.1, 0.15) is 21.5 Å². The second kappa shape index (κ2) is 11.6. The lowest BCUT2D eigenvalue weighted by Gasteiger charge is -2.18. The lowest BCUT2D eigenvalue weighted by atomic mass is 10.1. The van der Waals surface area contributed by atoms with Gasteiger partial charge < -0.3 is 15.1 Å². The highest BCUT2D eigenvalue weighted by Crippen LogP contribution is 2.08. The number of guanidine groups is 1. The van der Waals surface area contributed by atoms with E-state index in [1.54, 1.807) is 19.0 Å². The number of aliphatic imine (C=N–C) groups is 1. The van der Waals surface area contributed by atoms with Crippen molar-refractivity contribution in [1.82, 2.24) is 15.1 Å². The van der Waals surface area contributed by atoms with Gasteiger partial charge in [-0.3, -0.25) is 4.79 Å². The van der Waals surface area contributed by atoms with E-state index < -0.39 is 0 Å². The molecule has 0 aliphatic rings. The van der Waals surface area contributed by atoms with Gasteiger partial charge in [0, 0.05) is 40.3 Å². The van der Waals surface area contributed by atoms with Crippen molar-refractivity contribution in [1.29, 1.82) is 0 Å². The molecule has 0 spiro atoms. The van der Waals surface area contributed by atoms with Gasteiger partial charge in [-0.2, -0.15) is 0 Å². The summed E-state index contributed by atoms with van der Waals surface area (Å²) in [6, 6.07) is 18.0. The molecule has 0 heterocycles. The molecular weight excluding hydrogens is 451 g/mol. The van der Waals surface area contributed by atoms with Crippen LogP contribution in [0.2, 0.25) is 0 Å². The molecule has 0 aromatic heterocycles. The average Bonchev–Trinajstić information content (AvgIpc) is 2.64. The van der Waals surface area contributed by atoms with Crippen LogP contribution >= 0.6 is 24.0 Å². The molecule has 2 rings (SSSR count). The zero-order valence-electron chi connectivity index (χ0n) is 16.5. The molecule has 0 radical (unpaired) electrons. The summed E-state index contributed by atoms with van der Waals surface area (Å²) in [5.41, 5.74) is 3.04. The van der Waals surface area contributed by atoms with Crippen LogP contribution in [0, 0.1) is 0 Å². The van der Waals surface area contributed by atoms with Crippen molar-refractivity contribution in [2.75, 3.05) is 34.7 Å². The number of nitrogens with zero attached hydrogens (tertiary/aromatic N) is 3. The van der Waals surface area contributed by atoms with Gasteiger partial charge >= 0.3 is 0 Å². The van der Waals surface area contributed by atoms with Gasteiger partial charge in [0.05, 0.1) is 6.54 Å². The highest BCUT2D eigenvalue weighted by Gasteiger charge is 2.08. The SMILES string of the molecule is CN(C)C(=O)c1cccc(CCNC(=NCc2ccccc2)N(C)C)c1.I. The molecule has 0 fully saturated rings. The first-order valence-corrected chi connectivity index (χ1v) is 8.77. The smallest absolute Gasteiger partial charge is 0.253 e. The van der Waals surface area contributed by atoms with E-state index in [1.165, 1.54) is 5.56 Å². The second-order valence-electron chi connectivity index (χ2n) is 6.60. The van der Waals surface area contributed by atoms with Crippen molar-refractivity contribution in [3.63, 3.8) is 0 Å². The molecule has 0 bridgehead atoms. The molecule has 0 aliphatic carbocycles. The molecule has 6 heteroatoms. The molecule has 27 heavy (non-hydrogen) atoms. The molecule has 1 N–H and O–H groups in total. The Labute approximate surface area is 179 Å². The Bertz CT molecular complexity index is 745. The van der Waals surface area contributed by atoms with Crippen LogP contribution in [0.5, 0.6) is 0 Å². The Morgan fingerprint density at radius 1 is 0.926 bits per heavy atom. The first-order valence-electron chi connectivity index (χ1n) is 8.77. The number of nitrogens with one attached hydrogen (secondary N) is 1. The molecule has 2 aromatic carbocycles. The van der Waals surface area contributed by atoms with Crippen molar-refractivity contribution in [2.24, 2.45) is 4.99 Å².